The highest BCUT2D eigenvalue weighted by Gasteiger charge is 2.20. The number of aromatic nitrogens is 3. The lowest BCUT2D eigenvalue weighted by Crippen LogP contribution is -2.37. The maximum atomic E-state index is 12.2. The lowest BCUT2D eigenvalue weighted by molar-refractivity contribution is -0.119. The Morgan fingerprint density at radius 3 is 2.85 bits per heavy atom. The zero-order valence-corrected chi connectivity index (χ0v) is 17.0. The summed E-state index contributed by atoms with van der Waals surface area (Å²) >= 11 is 9.33. The number of hydrogen-bond acceptors (Lipinski definition) is 6. The maximum Gasteiger partial charge on any atom is 0.230 e. The zero-order chi connectivity index (χ0) is 18.8. The van der Waals surface area contributed by atoms with Gasteiger partial charge in [-0.3, -0.25) is 4.79 Å². The van der Waals surface area contributed by atoms with E-state index >= 15 is 0 Å². The minimum absolute atomic E-state index is 0.0105. The highest BCUT2D eigenvalue weighted by Crippen LogP contribution is 2.41. The van der Waals surface area contributed by atoms with E-state index in [2.05, 4.69) is 15.5 Å². The van der Waals surface area contributed by atoms with E-state index < -0.39 is 0 Å². The summed E-state index contributed by atoms with van der Waals surface area (Å²) in [5, 5.41) is 13.5. The van der Waals surface area contributed by atoms with Crippen LogP contribution in [0, 0.1) is 0 Å². The smallest absolute Gasteiger partial charge is 0.230 e. The van der Waals surface area contributed by atoms with Gasteiger partial charge in [0.2, 0.25) is 11.1 Å². The molecular formula is C18H20ClN5OS2. The van der Waals surface area contributed by atoms with Crippen LogP contribution in [0.1, 0.15) is 32.1 Å². The van der Waals surface area contributed by atoms with E-state index in [1.165, 1.54) is 47.0 Å². The van der Waals surface area contributed by atoms with Crippen LogP contribution in [0.15, 0.2) is 29.4 Å². The van der Waals surface area contributed by atoms with Gasteiger partial charge in [-0.05, 0) is 18.9 Å². The Kier molecular flexibility index (Phi) is 5.56. The lowest BCUT2D eigenvalue weighted by Gasteiger charge is -2.22. The normalized spacial score (nSPS) is 15.3. The van der Waals surface area contributed by atoms with Gasteiger partial charge in [-0.25, -0.2) is 4.68 Å². The molecule has 1 aliphatic carbocycles. The van der Waals surface area contributed by atoms with E-state index in [4.69, 9.17) is 17.4 Å². The highest BCUT2D eigenvalue weighted by atomic mass is 35.5. The van der Waals surface area contributed by atoms with Gasteiger partial charge in [-0.2, -0.15) is 0 Å². The molecule has 0 saturated heterocycles. The van der Waals surface area contributed by atoms with Crippen molar-refractivity contribution >= 4 is 50.7 Å². The molecule has 0 bridgehead atoms. The molecule has 6 nitrogen and oxygen atoms in total. The van der Waals surface area contributed by atoms with Crippen molar-refractivity contribution < 1.29 is 4.79 Å². The van der Waals surface area contributed by atoms with Crippen LogP contribution in [0.3, 0.4) is 0 Å². The van der Waals surface area contributed by atoms with Crippen LogP contribution in [0.5, 0.6) is 0 Å². The molecular weight excluding hydrogens is 402 g/mol. The van der Waals surface area contributed by atoms with Crippen molar-refractivity contribution in [3.8, 4) is 10.7 Å². The SMILES string of the molecule is Nn1c(SCC(=O)NC2CCCCC2)nnc1-c1sc2ccccc2c1Cl. The zero-order valence-electron chi connectivity index (χ0n) is 14.7. The number of fused-ring (bicyclic) bond motifs is 1. The Labute approximate surface area is 170 Å². The third-order valence-electron chi connectivity index (χ3n) is 4.71. The van der Waals surface area contributed by atoms with Crippen LogP contribution in [0.4, 0.5) is 0 Å². The molecule has 2 aromatic heterocycles. The third kappa shape index (κ3) is 3.93. The molecule has 142 valence electrons. The molecule has 0 radical (unpaired) electrons. The average Bonchev–Trinajstić information content (AvgIpc) is 3.21. The van der Waals surface area contributed by atoms with Crippen molar-refractivity contribution in [1.29, 1.82) is 0 Å². The number of amides is 1. The van der Waals surface area contributed by atoms with Crippen LogP contribution < -0.4 is 11.2 Å². The molecule has 2 heterocycles. The summed E-state index contributed by atoms with van der Waals surface area (Å²) in [6.45, 7) is 0. The Bertz CT molecular complexity index is 964. The summed E-state index contributed by atoms with van der Waals surface area (Å²) < 4.78 is 2.48. The number of nitrogens with two attached hydrogens (primary N) is 1. The van der Waals surface area contributed by atoms with E-state index in [9.17, 15) is 4.79 Å². The number of carbonyl (C=O) groups excluding carboxylic acids is 1. The van der Waals surface area contributed by atoms with E-state index in [1.807, 2.05) is 24.3 Å². The molecule has 9 heteroatoms. The first kappa shape index (κ1) is 18.6. The van der Waals surface area contributed by atoms with Crippen LogP contribution in [-0.4, -0.2) is 32.6 Å². The number of nitrogens with one attached hydrogen (secondary N) is 1. The number of nitrogens with zero attached hydrogens (tertiary/aromatic N) is 3. The average molecular weight is 422 g/mol. The quantitative estimate of drug-likeness (QED) is 0.479. The van der Waals surface area contributed by atoms with Crippen LogP contribution in [-0.2, 0) is 4.79 Å². The van der Waals surface area contributed by atoms with Crippen LogP contribution in [0.2, 0.25) is 5.02 Å². The number of benzene rings is 1. The van der Waals surface area contributed by atoms with Crippen LogP contribution >= 0.6 is 34.7 Å². The monoisotopic (exact) mass is 421 g/mol. The van der Waals surface area contributed by atoms with Gasteiger partial charge in [0.15, 0.2) is 5.82 Å². The van der Waals surface area contributed by atoms with Crippen molar-refractivity contribution in [3.63, 3.8) is 0 Å². The number of thioether (sulfide) groups is 1. The Morgan fingerprint density at radius 1 is 1.30 bits per heavy atom. The Hall–Kier alpha value is -1.77. The fraction of sp³-hybridized carbons (Fsp3) is 0.389. The third-order valence-corrected chi connectivity index (χ3v) is 7.32. The molecule has 0 spiro atoms. The van der Waals surface area contributed by atoms with Gasteiger partial charge < -0.3 is 11.2 Å². The number of nitrogen functional groups attached to an aromatic ring is 1. The first-order valence-electron chi connectivity index (χ1n) is 8.93. The largest absolute Gasteiger partial charge is 0.353 e. The van der Waals surface area contributed by atoms with E-state index in [1.54, 1.807) is 0 Å². The van der Waals surface area contributed by atoms with E-state index in [0.717, 1.165) is 27.8 Å². The molecule has 0 aliphatic heterocycles. The molecule has 0 atom stereocenters. The Balaban J connectivity index is 1.45. The second-order valence-electron chi connectivity index (χ2n) is 6.61. The summed E-state index contributed by atoms with van der Waals surface area (Å²) in [7, 11) is 0. The van der Waals surface area contributed by atoms with Crippen molar-refractivity contribution in [2.75, 3.05) is 11.6 Å². The molecule has 3 aromatic rings. The number of carbonyl (C=O) groups is 1. The van der Waals surface area contributed by atoms with Gasteiger partial charge in [0.25, 0.3) is 0 Å². The first-order valence-corrected chi connectivity index (χ1v) is 11.1. The fourth-order valence-corrected chi connectivity index (χ4v) is 5.50. The molecule has 3 N–H and O–H groups in total. The standard InChI is InChI=1S/C18H20ClN5OS2/c19-15-12-8-4-5-9-13(12)27-16(15)17-22-23-18(24(17)20)26-10-14(25)21-11-6-2-1-3-7-11/h4-5,8-9,11H,1-3,6-7,10,20H2,(H,21,25). The summed E-state index contributed by atoms with van der Waals surface area (Å²) in [5.74, 6) is 6.97. The van der Waals surface area contributed by atoms with E-state index in [-0.39, 0.29) is 11.7 Å². The predicted octanol–water partition coefficient (Wildman–Crippen LogP) is 4.07. The molecule has 1 aliphatic rings. The summed E-state index contributed by atoms with van der Waals surface area (Å²) in [6.07, 6.45) is 5.78. The highest BCUT2D eigenvalue weighted by molar-refractivity contribution is 7.99. The molecule has 4 rings (SSSR count). The topological polar surface area (TPSA) is 85.8 Å². The Morgan fingerprint density at radius 2 is 2.07 bits per heavy atom. The van der Waals surface area contributed by atoms with Crippen LogP contribution in [0.25, 0.3) is 20.8 Å². The van der Waals surface area contributed by atoms with Gasteiger partial charge in [0, 0.05) is 16.1 Å². The predicted molar refractivity (Wildman–Crippen MR) is 112 cm³/mol. The maximum absolute atomic E-state index is 12.2. The molecule has 27 heavy (non-hydrogen) atoms. The van der Waals surface area contributed by atoms with Gasteiger partial charge in [-0.1, -0.05) is 60.8 Å². The molecule has 1 fully saturated rings. The minimum atomic E-state index is 0.0105. The lowest BCUT2D eigenvalue weighted by atomic mass is 9.95. The second kappa shape index (κ2) is 8.08. The van der Waals surface area contributed by atoms with Crippen molar-refractivity contribution in [2.24, 2.45) is 0 Å². The fourth-order valence-electron chi connectivity index (χ4n) is 3.33. The van der Waals surface area contributed by atoms with Crippen molar-refractivity contribution in [2.45, 2.75) is 43.3 Å². The summed E-state index contributed by atoms with van der Waals surface area (Å²) in [6, 6.07) is 8.20. The van der Waals surface area contributed by atoms with E-state index in [0.29, 0.717) is 22.0 Å². The molecule has 0 unspecified atom stereocenters. The van der Waals surface area contributed by atoms with Crippen molar-refractivity contribution in [3.05, 3.63) is 29.3 Å². The first-order chi connectivity index (χ1) is 13.1. The number of thiophene rings is 1. The van der Waals surface area contributed by atoms with Gasteiger partial charge in [0.1, 0.15) is 0 Å². The number of hydrogen-bond donors (Lipinski definition) is 2. The van der Waals surface area contributed by atoms with Crippen molar-refractivity contribution in [1.82, 2.24) is 20.2 Å². The van der Waals surface area contributed by atoms with Gasteiger partial charge >= 0.3 is 0 Å². The number of halogens is 1. The van der Waals surface area contributed by atoms with Gasteiger partial charge in [0.05, 0.1) is 15.7 Å². The number of rotatable bonds is 5. The second-order valence-corrected chi connectivity index (χ2v) is 8.98. The summed E-state index contributed by atoms with van der Waals surface area (Å²) in [5.41, 5.74) is 0. The molecule has 1 amide bonds. The van der Waals surface area contributed by atoms with Gasteiger partial charge in [-0.15, -0.1) is 21.5 Å². The minimum Gasteiger partial charge on any atom is -0.353 e. The summed E-state index contributed by atoms with van der Waals surface area (Å²) in [4.78, 5) is 13.0. The molecule has 1 saturated carbocycles. The molecule has 1 aromatic carbocycles.